The molecule has 166 valence electrons. The summed E-state index contributed by atoms with van der Waals surface area (Å²) in [5, 5.41) is 0.499. The van der Waals surface area contributed by atoms with Gasteiger partial charge in [0.25, 0.3) is 5.91 Å². The zero-order valence-corrected chi connectivity index (χ0v) is 18.6. The summed E-state index contributed by atoms with van der Waals surface area (Å²) in [6.45, 7) is 0.700. The fourth-order valence-corrected chi connectivity index (χ4v) is 4.13. The first kappa shape index (κ1) is 22.0. The van der Waals surface area contributed by atoms with E-state index in [1.807, 2.05) is 12.1 Å². The van der Waals surface area contributed by atoms with Crippen molar-refractivity contribution < 1.29 is 23.4 Å². The van der Waals surface area contributed by atoms with Crippen LogP contribution in [0.3, 0.4) is 0 Å². The van der Waals surface area contributed by atoms with Gasteiger partial charge in [0.1, 0.15) is 18.2 Å². The fourth-order valence-electron chi connectivity index (χ4n) is 3.94. The normalized spacial score (nSPS) is 15.1. The molecule has 0 bridgehead atoms. The first-order chi connectivity index (χ1) is 15.5. The highest BCUT2D eigenvalue weighted by Gasteiger charge is 2.33. The van der Waals surface area contributed by atoms with Crippen molar-refractivity contribution in [3.8, 4) is 17.2 Å². The summed E-state index contributed by atoms with van der Waals surface area (Å²) in [6.07, 6.45) is 0.662. The van der Waals surface area contributed by atoms with Crippen molar-refractivity contribution in [2.24, 2.45) is 0 Å². The minimum absolute atomic E-state index is 0.138. The highest BCUT2D eigenvalue weighted by molar-refractivity contribution is 6.30. The molecule has 0 saturated heterocycles. The van der Waals surface area contributed by atoms with Gasteiger partial charge in [-0.2, -0.15) is 0 Å². The number of ether oxygens (including phenoxy) is 3. The van der Waals surface area contributed by atoms with E-state index in [2.05, 4.69) is 0 Å². The number of carbonyl (C=O) groups is 1. The summed E-state index contributed by atoms with van der Waals surface area (Å²) in [6, 6.07) is 16.2. The molecule has 4 rings (SSSR count). The van der Waals surface area contributed by atoms with Gasteiger partial charge in [-0.3, -0.25) is 4.79 Å². The molecular weight excluding hydrogens is 433 g/mol. The van der Waals surface area contributed by atoms with Crippen LogP contribution >= 0.6 is 11.6 Å². The predicted molar refractivity (Wildman–Crippen MR) is 120 cm³/mol. The topological polar surface area (TPSA) is 48.0 Å². The van der Waals surface area contributed by atoms with Gasteiger partial charge in [-0.15, -0.1) is 0 Å². The Morgan fingerprint density at radius 1 is 1.06 bits per heavy atom. The Hall–Kier alpha value is -3.25. The van der Waals surface area contributed by atoms with Gasteiger partial charge in [0.05, 0.1) is 20.3 Å². The van der Waals surface area contributed by atoms with E-state index < -0.39 is 0 Å². The number of rotatable bonds is 6. The Morgan fingerprint density at radius 2 is 1.78 bits per heavy atom. The molecule has 5 nitrogen and oxygen atoms in total. The number of carbonyl (C=O) groups excluding carboxylic acids is 1. The van der Waals surface area contributed by atoms with Crippen molar-refractivity contribution in [1.29, 1.82) is 0 Å². The quantitative estimate of drug-likeness (QED) is 0.505. The van der Waals surface area contributed by atoms with E-state index in [0.29, 0.717) is 40.8 Å². The molecule has 0 N–H and O–H groups in total. The summed E-state index contributed by atoms with van der Waals surface area (Å²) < 4.78 is 30.2. The van der Waals surface area contributed by atoms with E-state index in [-0.39, 0.29) is 24.4 Å². The lowest BCUT2D eigenvalue weighted by Crippen LogP contribution is -2.42. The van der Waals surface area contributed by atoms with Crippen molar-refractivity contribution in [3.63, 3.8) is 0 Å². The molecule has 3 aromatic rings. The minimum atomic E-state index is -0.380. The van der Waals surface area contributed by atoms with Gasteiger partial charge >= 0.3 is 0 Å². The first-order valence-electron chi connectivity index (χ1n) is 10.2. The molecule has 0 aromatic heterocycles. The van der Waals surface area contributed by atoms with Gasteiger partial charge < -0.3 is 19.1 Å². The van der Waals surface area contributed by atoms with Gasteiger partial charge in [-0.05, 0) is 72.1 Å². The van der Waals surface area contributed by atoms with E-state index in [9.17, 15) is 9.18 Å². The van der Waals surface area contributed by atoms with Crippen LogP contribution in [0.1, 0.15) is 27.5 Å². The average Bonchev–Trinajstić information content (AvgIpc) is 2.82. The summed E-state index contributed by atoms with van der Waals surface area (Å²) in [5.41, 5.74) is 2.49. The lowest BCUT2D eigenvalue weighted by atomic mass is 9.91. The fraction of sp³-hybridized carbons (Fsp3) is 0.240. The maximum absolute atomic E-state index is 13.4. The van der Waals surface area contributed by atoms with Crippen LogP contribution in [0.5, 0.6) is 17.2 Å². The Labute approximate surface area is 191 Å². The Bertz CT molecular complexity index is 1120. The Morgan fingerprint density at radius 3 is 2.47 bits per heavy atom. The van der Waals surface area contributed by atoms with Gasteiger partial charge in [-0.1, -0.05) is 17.7 Å². The van der Waals surface area contributed by atoms with Crippen LogP contribution in [0.2, 0.25) is 5.02 Å². The minimum Gasteiger partial charge on any atom is -0.493 e. The van der Waals surface area contributed by atoms with Crippen LogP contribution in [-0.2, 0) is 6.42 Å². The SMILES string of the molecule is COc1cc2c(cc1OC)[C@@H](COc1ccc(F)cc1)N(C(=O)c1cccc(Cl)c1)CC2. The summed E-state index contributed by atoms with van der Waals surface area (Å²) >= 11 is 6.12. The number of hydrogen-bond donors (Lipinski definition) is 0. The van der Waals surface area contributed by atoms with Crippen LogP contribution in [-0.4, -0.2) is 38.2 Å². The monoisotopic (exact) mass is 455 g/mol. The van der Waals surface area contributed by atoms with Gasteiger partial charge in [-0.25, -0.2) is 4.39 Å². The molecule has 0 spiro atoms. The second-order valence-electron chi connectivity index (χ2n) is 7.45. The number of halogens is 2. The lowest BCUT2D eigenvalue weighted by Gasteiger charge is -2.37. The van der Waals surface area contributed by atoms with Crippen LogP contribution in [0, 0.1) is 5.82 Å². The molecule has 0 unspecified atom stereocenters. The predicted octanol–water partition coefficient (Wildman–Crippen LogP) is 5.31. The van der Waals surface area contributed by atoms with Crippen LogP contribution < -0.4 is 14.2 Å². The summed E-state index contributed by atoms with van der Waals surface area (Å²) in [7, 11) is 3.17. The number of amides is 1. The first-order valence-corrected chi connectivity index (χ1v) is 10.6. The largest absolute Gasteiger partial charge is 0.493 e. The molecular formula is C25H23ClFNO4. The van der Waals surface area contributed by atoms with E-state index >= 15 is 0 Å². The molecule has 0 radical (unpaired) electrons. The smallest absolute Gasteiger partial charge is 0.254 e. The third-order valence-electron chi connectivity index (χ3n) is 5.56. The maximum Gasteiger partial charge on any atom is 0.254 e. The van der Waals surface area contributed by atoms with Crippen molar-refractivity contribution in [3.05, 3.63) is 88.2 Å². The number of hydrogen-bond acceptors (Lipinski definition) is 4. The van der Waals surface area contributed by atoms with Crippen LogP contribution in [0.4, 0.5) is 4.39 Å². The highest BCUT2D eigenvalue weighted by atomic mass is 35.5. The van der Waals surface area contributed by atoms with E-state index in [1.165, 1.54) is 12.1 Å². The van der Waals surface area contributed by atoms with E-state index in [1.54, 1.807) is 55.5 Å². The van der Waals surface area contributed by atoms with Crippen LogP contribution in [0.15, 0.2) is 60.7 Å². The second-order valence-corrected chi connectivity index (χ2v) is 7.88. The molecule has 1 heterocycles. The average molecular weight is 456 g/mol. The standard InChI is InChI=1S/C25H23ClFNO4/c1-30-23-13-16-10-11-28(25(29)17-4-3-5-18(26)12-17)22(21(16)14-24(23)31-2)15-32-20-8-6-19(27)7-9-20/h3-9,12-14,22H,10-11,15H2,1-2H3/t22-/m1/s1. The molecule has 7 heteroatoms. The molecule has 0 fully saturated rings. The molecule has 1 amide bonds. The van der Waals surface area contributed by atoms with Gasteiger partial charge in [0.2, 0.25) is 0 Å². The second kappa shape index (κ2) is 9.49. The molecule has 1 aliphatic rings. The zero-order valence-electron chi connectivity index (χ0n) is 17.8. The molecule has 3 aromatic carbocycles. The summed E-state index contributed by atoms with van der Waals surface area (Å²) in [5.74, 6) is 1.26. The third kappa shape index (κ3) is 4.50. The van der Waals surface area contributed by atoms with Crippen molar-refractivity contribution >= 4 is 17.5 Å². The van der Waals surface area contributed by atoms with Crippen molar-refractivity contribution in [2.45, 2.75) is 12.5 Å². The Balaban J connectivity index is 1.70. The number of methoxy groups -OCH3 is 2. The van der Waals surface area contributed by atoms with Crippen LogP contribution in [0.25, 0.3) is 0 Å². The summed E-state index contributed by atoms with van der Waals surface area (Å²) in [4.78, 5) is 15.2. The lowest BCUT2D eigenvalue weighted by molar-refractivity contribution is 0.0589. The van der Waals surface area contributed by atoms with E-state index in [0.717, 1.165) is 11.1 Å². The van der Waals surface area contributed by atoms with Gasteiger partial charge in [0, 0.05) is 17.1 Å². The number of fused-ring (bicyclic) bond motifs is 1. The molecule has 1 atom stereocenters. The van der Waals surface area contributed by atoms with Crippen molar-refractivity contribution in [1.82, 2.24) is 4.90 Å². The zero-order chi connectivity index (χ0) is 22.7. The number of nitrogens with zero attached hydrogens (tertiary/aromatic N) is 1. The van der Waals surface area contributed by atoms with E-state index in [4.69, 9.17) is 25.8 Å². The molecule has 1 aliphatic heterocycles. The number of benzene rings is 3. The highest BCUT2D eigenvalue weighted by Crippen LogP contribution is 2.39. The van der Waals surface area contributed by atoms with Gasteiger partial charge in [0.15, 0.2) is 11.5 Å². The molecule has 0 saturated carbocycles. The third-order valence-corrected chi connectivity index (χ3v) is 5.79. The molecule has 32 heavy (non-hydrogen) atoms. The molecule has 0 aliphatic carbocycles. The maximum atomic E-state index is 13.4. The van der Waals surface area contributed by atoms with Crippen molar-refractivity contribution in [2.75, 3.05) is 27.4 Å². The Kier molecular flexibility index (Phi) is 6.51.